The fourth-order valence-electron chi connectivity index (χ4n) is 1.85. The lowest BCUT2D eigenvalue weighted by atomic mass is 10.3. The molecule has 0 fully saturated rings. The Kier molecular flexibility index (Phi) is 1.71. The number of anilines is 1. The molecule has 1 aromatic heterocycles. The summed E-state index contributed by atoms with van der Waals surface area (Å²) in [7, 11) is 0. The van der Waals surface area contributed by atoms with Gasteiger partial charge < -0.3 is 15.0 Å². The summed E-state index contributed by atoms with van der Waals surface area (Å²) in [6.45, 7) is 2.81. The van der Waals surface area contributed by atoms with Gasteiger partial charge in [0, 0.05) is 11.8 Å². The highest BCUT2D eigenvalue weighted by atomic mass is 16.5. The lowest BCUT2D eigenvalue weighted by molar-refractivity contribution is 0.484. The third-order valence-corrected chi connectivity index (χ3v) is 2.56. The molecule has 1 aliphatic rings. The van der Waals surface area contributed by atoms with Crippen LogP contribution in [0.25, 0.3) is 0 Å². The van der Waals surface area contributed by atoms with Gasteiger partial charge in [-0.05, 0) is 19.1 Å². The van der Waals surface area contributed by atoms with E-state index in [1.54, 1.807) is 0 Å². The predicted octanol–water partition coefficient (Wildman–Crippen LogP) is 3.04. The van der Waals surface area contributed by atoms with E-state index in [2.05, 4.69) is 10.3 Å². The van der Waals surface area contributed by atoms with Crippen molar-refractivity contribution in [3.63, 3.8) is 0 Å². The van der Waals surface area contributed by atoms with Crippen LogP contribution in [0.5, 0.6) is 11.5 Å². The van der Waals surface area contributed by atoms with Gasteiger partial charge in [-0.3, -0.25) is 0 Å². The van der Waals surface area contributed by atoms with Crippen molar-refractivity contribution in [3.05, 3.63) is 41.7 Å². The van der Waals surface area contributed by atoms with E-state index in [0.717, 1.165) is 35.1 Å². The summed E-state index contributed by atoms with van der Waals surface area (Å²) in [6.07, 6.45) is 0. The van der Waals surface area contributed by atoms with Crippen molar-refractivity contribution >= 4 is 5.69 Å². The second-order valence-electron chi connectivity index (χ2n) is 3.75. The van der Waals surface area contributed by atoms with Crippen LogP contribution in [0.4, 0.5) is 5.69 Å². The summed E-state index contributed by atoms with van der Waals surface area (Å²) in [6, 6.07) is 10.00. The number of ether oxygens (including phenoxy) is 1. The zero-order valence-corrected chi connectivity index (χ0v) is 8.50. The van der Waals surface area contributed by atoms with Crippen molar-refractivity contribution < 1.29 is 4.74 Å². The molecule has 3 heteroatoms. The Bertz CT molecular complexity index is 502. The molecule has 0 saturated carbocycles. The van der Waals surface area contributed by atoms with Crippen LogP contribution in [0.1, 0.15) is 11.4 Å². The van der Waals surface area contributed by atoms with E-state index in [1.165, 1.54) is 0 Å². The van der Waals surface area contributed by atoms with Gasteiger partial charge in [0.15, 0.2) is 5.75 Å². The molecule has 1 aliphatic heterocycles. The summed E-state index contributed by atoms with van der Waals surface area (Å²) >= 11 is 0. The van der Waals surface area contributed by atoms with E-state index < -0.39 is 0 Å². The molecule has 0 saturated heterocycles. The van der Waals surface area contributed by atoms with Gasteiger partial charge in [0.2, 0.25) is 0 Å². The van der Waals surface area contributed by atoms with Gasteiger partial charge in [-0.15, -0.1) is 0 Å². The van der Waals surface area contributed by atoms with Gasteiger partial charge in [0.1, 0.15) is 5.75 Å². The smallest absolute Gasteiger partial charge is 0.150 e. The van der Waals surface area contributed by atoms with Gasteiger partial charge in [-0.1, -0.05) is 12.1 Å². The Morgan fingerprint density at radius 1 is 1.20 bits per heavy atom. The largest absolute Gasteiger partial charge is 0.453 e. The van der Waals surface area contributed by atoms with Crippen molar-refractivity contribution in [2.75, 3.05) is 5.32 Å². The molecule has 0 bridgehead atoms. The molecule has 2 N–H and O–H groups in total. The Hall–Kier alpha value is -1.90. The second kappa shape index (κ2) is 3.05. The monoisotopic (exact) mass is 200 g/mol. The Balaban J connectivity index is 2.08. The number of aromatic amines is 1. The first kappa shape index (κ1) is 8.41. The molecular weight excluding hydrogens is 188 g/mol. The predicted molar refractivity (Wildman–Crippen MR) is 59.4 cm³/mol. The van der Waals surface area contributed by atoms with Crippen LogP contribution in [0.3, 0.4) is 0 Å². The quantitative estimate of drug-likeness (QED) is 0.685. The first-order valence-electron chi connectivity index (χ1n) is 5.02. The maximum absolute atomic E-state index is 5.83. The summed E-state index contributed by atoms with van der Waals surface area (Å²) in [5.41, 5.74) is 3.27. The third kappa shape index (κ3) is 1.36. The number of fused-ring (bicyclic) bond motifs is 2. The lowest BCUT2D eigenvalue weighted by Gasteiger charge is -2.05. The molecule has 0 atom stereocenters. The minimum absolute atomic E-state index is 0.778. The van der Waals surface area contributed by atoms with Crippen LogP contribution < -0.4 is 10.1 Å². The van der Waals surface area contributed by atoms with E-state index >= 15 is 0 Å². The fourth-order valence-corrected chi connectivity index (χ4v) is 1.85. The van der Waals surface area contributed by atoms with Crippen LogP contribution in [-0.4, -0.2) is 4.98 Å². The Morgan fingerprint density at radius 3 is 3.00 bits per heavy atom. The van der Waals surface area contributed by atoms with Crippen LogP contribution >= 0.6 is 0 Å². The van der Waals surface area contributed by atoms with Gasteiger partial charge >= 0.3 is 0 Å². The number of rotatable bonds is 0. The zero-order valence-electron chi connectivity index (χ0n) is 8.50. The van der Waals surface area contributed by atoms with Crippen molar-refractivity contribution in [3.8, 4) is 11.5 Å². The summed E-state index contributed by atoms with van der Waals surface area (Å²) in [5.74, 6) is 1.81. The minimum Gasteiger partial charge on any atom is -0.453 e. The van der Waals surface area contributed by atoms with Crippen molar-refractivity contribution in [2.45, 2.75) is 13.5 Å². The molecule has 0 aliphatic carbocycles. The first-order chi connectivity index (χ1) is 7.33. The molecule has 0 spiro atoms. The van der Waals surface area contributed by atoms with Gasteiger partial charge in [0.05, 0.1) is 17.9 Å². The molecular formula is C12H12N2O. The summed E-state index contributed by atoms with van der Waals surface area (Å²) < 4.78 is 5.83. The molecule has 15 heavy (non-hydrogen) atoms. The molecule has 1 aromatic carbocycles. The van der Waals surface area contributed by atoms with Gasteiger partial charge in [0.25, 0.3) is 0 Å². The van der Waals surface area contributed by atoms with E-state index in [-0.39, 0.29) is 0 Å². The average Bonchev–Trinajstić information content (AvgIpc) is 2.49. The molecule has 3 nitrogen and oxygen atoms in total. The number of para-hydroxylation sites is 2. The van der Waals surface area contributed by atoms with Gasteiger partial charge in [-0.2, -0.15) is 0 Å². The number of hydrogen-bond acceptors (Lipinski definition) is 2. The number of benzene rings is 1. The molecule has 2 heterocycles. The van der Waals surface area contributed by atoms with Crippen molar-refractivity contribution in [1.82, 2.24) is 4.98 Å². The normalized spacial score (nSPS) is 13.1. The SMILES string of the molecule is Cc1cc2c([nH]1)CNc1ccccc1O2. The molecule has 2 aromatic rings. The van der Waals surface area contributed by atoms with Crippen LogP contribution in [0.2, 0.25) is 0 Å². The highest BCUT2D eigenvalue weighted by molar-refractivity contribution is 5.60. The molecule has 76 valence electrons. The number of aromatic nitrogens is 1. The van der Waals surface area contributed by atoms with Crippen LogP contribution in [-0.2, 0) is 6.54 Å². The molecule has 0 amide bonds. The topological polar surface area (TPSA) is 37.0 Å². The maximum Gasteiger partial charge on any atom is 0.150 e. The molecule has 3 rings (SSSR count). The fraction of sp³-hybridized carbons (Fsp3) is 0.167. The summed E-state index contributed by atoms with van der Waals surface area (Å²) in [4.78, 5) is 3.28. The first-order valence-corrected chi connectivity index (χ1v) is 5.02. The Labute approximate surface area is 88.1 Å². The standard InChI is InChI=1S/C12H12N2O/c1-8-6-12-10(14-8)7-13-9-4-2-3-5-11(9)15-12/h2-6,13-14H,7H2,1H3. The molecule has 0 unspecified atom stereocenters. The van der Waals surface area contributed by atoms with Crippen LogP contribution in [0, 0.1) is 6.92 Å². The maximum atomic E-state index is 5.83. The van der Waals surface area contributed by atoms with Crippen LogP contribution in [0.15, 0.2) is 30.3 Å². The third-order valence-electron chi connectivity index (χ3n) is 2.56. The second-order valence-corrected chi connectivity index (χ2v) is 3.75. The molecule has 0 radical (unpaired) electrons. The summed E-state index contributed by atoms with van der Waals surface area (Å²) in [5, 5.41) is 3.34. The number of aryl methyl sites for hydroxylation is 1. The van der Waals surface area contributed by atoms with E-state index in [9.17, 15) is 0 Å². The van der Waals surface area contributed by atoms with E-state index in [4.69, 9.17) is 4.74 Å². The number of nitrogens with one attached hydrogen (secondary N) is 2. The van der Waals surface area contributed by atoms with Crippen molar-refractivity contribution in [2.24, 2.45) is 0 Å². The lowest BCUT2D eigenvalue weighted by Crippen LogP contribution is -1.97. The van der Waals surface area contributed by atoms with E-state index in [0.29, 0.717) is 0 Å². The Morgan fingerprint density at radius 2 is 2.07 bits per heavy atom. The zero-order chi connectivity index (χ0) is 10.3. The highest BCUT2D eigenvalue weighted by Gasteiger charge is 2.14. The van der Waals surface area contributed by atoms with Crippen molar-refractivity contribution in [1.29, 1.82) is 0 Å². The van der Waals surface area contributed by atoms with Gasteiger partial charge in [-0.25, -0.2) is 0 Å². The van der Waals surface area contributed by atoms with E-state index in [1.807, 2.05) is 37.3 Å². The number of hydrogen-bond donors (Lipinski definition) is 2. The average molecular weight is 200 g/mol. The minimum atomic E-state index is 0.778. The highest BCUT2D eigenvalue weighted by Crippen LogP contribution is 2.35. The number of H-pyrrole nitrogens is 1.